The molecule has 6 heteroatoms. The number of rotatable bonds is 4. The number of amides is 1. The summed E-state index contributed by atoms with van der Waals surface area (Å²) in [6.07, 6.45) is 2.61. The third-order valence-corrected chi connectivity index (χ3v) is 3.82. The number of hydrogen-bond acceptors (Lipinski definition) is 5. The van der Waals surface area contributed by atoms with Gasteiger partial charge >= 0.3 is 0 Å². The van der Waals surface area contributed by atoms with E-state index in [1.165, 1.54) is 0 Å². The molecule has 0 saturated carbocycles. The van der Waals surface area contributed by atoms with Crippen LogP contribution in [0.1, 0.15) is 25.0 Å². The first-order valence-electron chi connectivity index (χ1n) is 7.73. The van der Waals surface area contributed by atoms with Gasteiger partial charge in [0.15, 0.2) is 0 Å². The molecule has 1 aliphatic rings. The van der Waals surface area contributed by atoms with Gasteiger partial charge in [0.05, 0.1) is 6.61 Å². The van der Waals surface area contributed by atoms with E-state index in [9.17, 15) is 4.79 Å². The van der Waals surface area contributed by atoms with Gasteiger partial charge in [-0.05, 0) is 44.0 Å². The van der Waals surface area contributed by atoms with E-state index >= 15 is 0 Å². The average Bonchev–Trinajstić information content (AvgIpc) is 2.94. The molecular weight excluding hydrogens is 292 g/mol. The Kier molecular flexibility index (Phi) is 4.14. The zero-order chi connectivity index (χ0) is 16.4. The molecule has 23 heavy (non-hydrogen) atoms. The second-order valence-electron chi connectivity index (χ2n) is 5.50. The van der Waals surface area contributed by atoms with Crippen LogP contribution in [0.15, 0.2) is 24.4 Å². The number of aromatic nitrogens is 2. The lowest BCUT2D eigenvalue weighted by Gasteiger charge is -2.15. The molecular formula is C17H20N4O2. The number of hydrogen-bond donors (Lipinski definition) is 1. The highest BCUT2D eigenvalue weighted by Crippen LogP contribution is 2.31. The quantitative estimate of drug-likeness (QED) is 0.940. The molecule has 0 spiro atoms. The molecule has 0 saturated heterocycles. The van der Waals surface area contributed by atoms with Crippen molar-refractivity contribution in [3.63, 3.8) is 0 Å². The Morgan fingerprint density at radius 2 is 2.26 bits per heavy atom. The van der Waals surface area contributed by atoms with Gasteiger partial charge in [0, 0.05) is 36.6 Å². The normalized spacial score (nSPS) is 12.9. The second kappa shape index (κ2) is 6.24. The molecule has 3 rings (SSSR count). The summed E-state index contributed by atoms with van der Waals surface area (Å²) >= 11 is 0. The highest BCUT2D eigenvalue weighted by atomic mass is 16.5. The van der Waals surface area contributed by atoms with E-state index < -0.39 is 0 Å². The standard InChI is InChI=1S/C17H20N4O2/c1-4-23-16-11(2)10-18-17(20-16)19-14-5-6-15-13(9-14)7-8-21(15)12(3)22/h5-6,9-10H,4,7-8H2,1-3H3,(H,18,19,20). The number of benzene rings is 1. The fraction of sp³-hybridized carbons (Fsp3) is 0.353. The zero-order valence-corrected chi connectivity index (χ0v) is 13.6. The summed E-state index contributed by atoms with van der Waals surface area (Å²) in [4.78, 5) is 22.1. The summed E-state index contributed by atoms with van der Waals surface area (Å²) in [7, 11) is 0. The molecule has 120 valence electrons. The molecule has 0 radical (unpaired) electrons. The zero-order valence-electron chi connectivity index (χ0n) is 13.6. The number of ether oxygens (including phenoxy) is 1. The number of aryl methyl sites for hydroxylation is 1. The molecule has 0 atom stereocenters. The summed E-state index contributed by atoms with van der Waals surface area (Å²) in [6.45, 7) is 6.74. The minimum Gasteiger partial charge on any atom is -0.478 e. The SMILES string of the molecule is CCOc1nc(Nc2ccc3c(c2)CCN3C(C)=O)ncc1C. The first kappa shape index (κ1) is 15.3. The van der Waals surface area contributed by atoms with Crippen molar-refractivity contribution in [3.8, 4) is 5.88 Å². The lowest BCUT2D eigenvalue weighted by Crippen LogP contribution is -2.25. The van der Waals surface area contributed by atoms with E-state index in [2.05, 4.69) is 15.3 Å². The van der Waals surface area contributed by atoms with Crippen LogP contribution in [0.25, 0.3) is 0 Å². The van der Waals surface area contributed by atoms with Crippen LogP contribution in [0.5, 0.6) is 5.88 Å². The van der Waals surface area contributed by atoms with E-state index in [-0.39, 0.29) is 5.91 Å². The van der Waals surface area contributed by atoms with Crippen LogP contribution < -0.4 is 15.0 Å². The van der Waals surface area contributed by atoms with Crippen molar-refractivity contribution in [2.75, 3.05) is 23.4 Å². The van der Waals surface area contributed by atoms with Crippen LogP contribution in [-0.4, -0.2) is 29.0 Å². The Balaban J connectivity index is 1.82. The highest BCUT2D eigenvalue weighted by Gasteiger charge is 2.22. The minimum absolute atomic E-state index is 0.0766. The second-order valence-corrected chi connectivity index (χ2v) is 5.50. The number of fused-ring (bicyclic) bond motifs is 1. The van der Waals surface area contributed by atoms with Gasteiger partial charge in [-0.15, -0.1) is 0 Å². The number of carbonyl (C=O) groups is 1. The van der Waals surface area contributed by atoms with Crippen LogP contribution in [0, 0.1) is 6.92 Å². The maximum Gasteiger partial charge on any atom is 0.230 e. The predicted octanol–water partition coefficient (Wildman–Crippen LogP) is 2.84. The third-order valence-electron chi connectivity index (χ3n) is 3.82. The summed E-state index contributed by atoms with van der Waals surface area (Å²) in [5, 5.41) is 3.20. The van der Waals surface area contributed by atoms with Crippen molar-refractivity contribution in [2.24, 2.45) is 0 Å². The summed E-state index contributed by atoms with van der Waals surface area (Å²) < 4.78 is 5.49. The third kappa shape index (κ3) is 3.11. The number of nitrogens with zero attached hydrogens (tertiary/aromatic N) is 3. The minimum atomic E-state index is 0.0766. The Labute approximate surface area is 135 Å². The molecule has 1 aromatic heterocycles. The van der Waals surface area contributed by atoms with Gasteiger partial charge in [-0.3, -0.25) is 4.79 Å². The smallest absolute Gasteiger partial charge is 0.230 e. The summed E-state index contributed by atoms with van der Waals surface area (Å²) in [6, 6.07) is 5.94. The Bertz CT molecular complexity index is 745. The number of carbonyl (C=O) groups excluding carboxylic acids is 1. The van der Waals surface area contributed by atoms with Gasteiger partial charge in [0.1, 0.15) is 0 Å². The molecule has 0 fully saturated rings. The summed E-state index contributed by atoms with van der Waals surface area (Å²) in [5.74, 6) is 1.17. The van der Waals surface area contributed by atoms with Crippen molar-refractivity contribution in [2.45, 2.75) is 27.2 Å². The highest BCUT2D eigenvalue weighted by molar-refractivity contribution is 5.94. The Hall–Kier alpha value is -2.63. The van der Waals surface area contributed by atoms with Crippen LogP contribution >= 0.6 is 0 Å². The van der Waals surface area contributed by atoms with Gasteiger partial charge in [0.2, 0.25) is 17.7 Å². The molecule has 1 amide bonds. The van der Waals surface area contributed by atoms with Gasteiger partial charge in [-0.2, -0.15) is 4.98 Å². The average molecular weight is 312 g/mol. The van der Waals surface area contributed by atoms with Crippen molar-refractivity contribution >= 4 is 23.2 Å². The lowest BCUT2D eigenvalue weighted by atomic mass is 10.1. The van der Waals surface area contributed by atoms with Crippen LogP contribution in [0.2, 0.25) is 0 Å². The first-order chi connectivity index (χ1) is 11.1. The van der Waals surface area contributed by atoms with Gasteiger partial charge in [0.25, 0.3) is 0 Å². The monoisotopic (exact) mass is 312 g/mol. The molecule has 1 aliphatic heterocycles. The van der Waals surface area contributed by atoms with Crippen LogP contribution in [-0.2, 0) is 11.2 Å². The maximum absolute atomic E-state index is 11.6. The molecule has 1 aromatic carbocycles. The fourth-order valence-electron chi connectivity index (χ4n) is 2.71. The molecule has 2 heterocycles. The van der Waals surface area contributed by atoms with Crippen molar-refractivity contribution in [3.05, 3.63) is 35.5 Å². The largest absolute Gasteiger partial charge is 0.478 e. The van der Waals surface area contributed by atoms with Crippen molar-refractivity contribution in [1.29, 1.82) is 0 Å². The van der Waals surface area contributed by atoms with E-state index in [0.717, 1.165) is 35.5 Å². The fourth-order valence-corrected chi connectivity index (χ4v) is 2.71. The van der Waals surface area contributed by atoms with Crippen molar-refractivity contribution < 1.29 is 9.53 Å². The van der Waals surface area contributed by atoms with Gasteiger partial charge < -0.3 is 15.0 Å². The molecule has 0 aliphatic carbocycles. The lowest BCUT2D eigenvalue weighted by molar-refractivity contribution is -0.116. The molecule has 6 nitrogen and oxygen atoms in total. The van der Waals surface area contributed by atoms with E-state index in [4.69, 9.17) is 4.74 Å². The Morgan fingerprint density at radius 1 is 1.43 bits per heavy atom. The predicted molar refractivity (Wildman–Crippen MR) is 89.4 cm³/mol. The van der Waals surface area contributed by atoms with Gasteiger partial charge in [-0.1, -0.05) is 0 Å². The van der Waals surface area contributed by atoms with Crippen molar-refractivity contribution in [1.82, 2.24) is 9.97 Å². The van der Waals surface area contributed by atoms with Crippen LogP contribution in [0.4, 0.5) is 17.3 Å². The molecule has 0 bridgehead atoms. The van der Waals surface area contributed by atoms with Gasteiger partial charge in [-0.25, -0.2) is 4.98 Å². The molecule has 1 N–H and O–H groups in total. The van der Waals surface area contributed by atoms with E-state index in [1.54, 1.807) is 18.0 Å². The first-order valence-corrected chi connectivity index (χ1v) is 7.73. The van der Waals surface area contributed by atoms with E-state index in [0.29, 0.717) is 18.4 Å². The topological polar surface area (TPSA) is 67.3 Å². The maximum atomic E-state index is 11.6. The number of anilines is 3. The van der Waals surface area contributed by atoms with E-state index in [1.807, 2.05) is 32.0 Å². The van der Waals surface area contributed by atoms with Crippen LogP contribution in [0.3, 0.4) is 0 Å². The summed E-state index contributed by atoms with van der Waals surface area (Å²) in [5.41, 5.74) is 3.95. The molecule has 0 unspecified atom stereocenters. The molecule has 2 aromatic rings. The Morgan fingerprint density at radius 3 is 3.00 bits per heavy atom. The number of nitrogens with one attached hydrogen (secondary N) is 1.